The van der Waals surface area contributed by atoms with Crippen molar-refractivity contribution in [2.24, 2.45) is 0 Å². The van der Waals surface area contributed by atoms with E-state index in [1.807, 2.05) is 6.92 Å². The average molecular weight is 338 g/mol. The van der Waals surface area contributed by atoms with Crippen molar-refractivity contribution in [3.05, 3.63) is 52.8 Å². The first-order valence-electron chi connectivity index (χ1n) is 8.07. The summed E-state index contributed by atoms with van der Waals surface area (Å²) in [6, 6.07) is 7.19. The number of hydrogen-bond donors (Lipinski definition) is 1. The minimum Gasteiger partial charge on any atom is -0.478 e. The maximum absolute atomic E-state index is 12.8. The fourth-order valence-corrected chi connectivity index (χ4v) is 3.06. The Morgan fingerprint density at radius 1 is 1.36 bits per heavy atom. The SMILES string of the molecule is Cc1ccc(C(=O)N2CCCC(n3cc(C(=O)O)cn3)C2)cc1C#N. The Bertz CT molecular complexity index is 865. The van der Waals surface area contributed by atoms with Gasteiger partial charge in [0.1, 0.15) is 0 Å². The molecule has 2 aromatic rings. The van der Waals surface area contributed by atoms with Gasteiger partial charge in [-0.05, 0) is 37.5 Å². The van der Waals surface area contributed by atoms with Crippen LogP contribution in [-0.4, -0.2) is 44.8 Å². The van der Waals surface area contributed by atoms with Crippen LogP contribution in [0, 0.1) is 18.3 Å². The summed E-state index contributed by atoms with van der Waals surface area (Å²) in [4.78, 5) is 25.5. The number of amides is 1. The number of carbonyl (C=O) groups is 2. The number of carbonyl (C=O) groups excluding carboxylic acids is 1. The van der Waals surface area contributed by atoms with E-state index in [0.717, 1.165) is 18.4 Å². The van der Waals surface area contributed by atoms with Crippen LogP contribution in [0.25, 0.3) is 0 Å². The van der Waals surface area contributed by atoms with Gasteiger partial charge < -0.3 is 10.0 Å². The van der Waals surface area contributed by atoms with Gasteiger partial charge in [0, 0.05) is 24.8 Å². The molecular weight excluding hydrogens is 320 g/mol. The molecule has 1 aromatic carbocycles. The lowest BCUT2D eigenvalue weighted by molar-refractivity contribution is 0.0666. The summed E-state index contributed by atoms with van der Waals surface area (Å²) < 4.78 is 1.62. The van der Waals surface area contributed by atoms with Crippen LogP contribution in [-0.2, 0) is 0 Å². The highest BCUT2D eigenvalue weighted by Gasteiger charge is 2.26. The van der Waals surface area contributed by atoms with Crippen LogP contribution in [0.4, 0.5) is 0 Å². The molecule has 1 aliphatic rings. The van der Waals surface area contributed by atoms with Crippen molar-refractivity contribution in [1.82, 2.24) is 14.7 Å². The maximum Gasteiger partial charge on any atom is 0.338 e. The number of carboxylic acids is 1. The number of aromatic nitrogens is 2. The van der Waals surface area contributed by atoms with Crippen LogP contribution in [0.15, 0.2) is 30.6 Å². The summed E-state index contributed by atoms with van der Waals surface area (Å²) in [6.07, 6.45) is 4.47. The van der Waals surface area contributed by atoms with Gasteiger partial charge in [-0.15, -0.1) is 0 Å². The van der Waals surface area contributed by atoms with E-state index in [4.69, 9.17) is 10.4 Å². The largest absolute Gasteiger partial charge is 0.478 e. The fraction of sp³-hybridized carbons (Fsp3) is 0.333. The van der Waals surface area contributed by atoms with Gasteiger partial charge in [0.25, 0.3) is 5.91 Å². The van der Waals surface area contributed by atoms with Gasteiger partial charge in [-0.25, -0.2) is 4.79 Å². The Morgan fingerprint density at radius 2 is 2.16 bits per heavy atom. The Labute approximate surface area is 145 Å². The molecule has 1 aromatic heterocycles. The summed E-state index contributed by atoms with van der Waals surface area (Å²) in [5.41, 5.74) is 1.97. The molecule has 3 rings (SSSR count). The minimum absolute atomic E-state index is 0.0494. The summed E-state index contributed by atoms with van der Waals surface area (Å²) in [5, 5.41) is 22.3. The van der Waals surface area contributed by atoms with E-state index < -0.39 is 5.97 Å². The van der Waals surface area contributed by atoms with Gasteiger partial charge in [-0.1, -0.05) is 6.07 Å². The molecule has 1 unspecified atom stereocenters. The molecule has 1 atom stereocenters. The van der Waals surface area contributed by atoms with E-state index in [-0.39, 0.29) is 17.5 Å². The molecular formula is C18H18N4O3. The molecule has 2 heterocycles. The lowest BCUT2D eigenvalue weighted by Gasteiger charge is -2.33. The third kappa shape index (κ3) is 3.38. The molecule has 0 bridgehead atoms. The summed E-state index contributed by atoms with van der Waals surface area (Å²) >= 11 is 0. The number of nitriles is 1. The standard InChI is InChI=1S/C18H18N4O3/c1-12-4-5-13(7-14(12)8-19)17(23)21-6-2-3-16(11-21)22-10-15(9-20-22)18(24)25/h4-5,7,9-10,16H,2-3,6,11H2,1H3,(H,24,25). The van der Waals surface area contributed by atoms with Crippen LogP contribution in [0.1, 0.15) is 50.7 Å². The van der Waals surface area contributed by atoms with E-state index in [1.165, 1.54) is 12.4 Å². The number of benzene rings is 1. The predicted molar refractivity (Wildman–Crippen MR) is 89.3 cm³/mol. The van der Waals surface area contributed by atoms with Crippen LogP contribution in [0.3, 0.4) is 0 Å². The highest BCUT2D eigenvalue weighted by molar-refractivity contribution is 5.94. The molecule has 1 aliphatic heterocycles. The van der Waals surface area contributed by atoms with Crippen LogP contribution >= 0.6 is 0 Å². The topological polar surface area (TPSA) is 99.2 Å². The Morgan fingerprint density at radius 3 is 2.84 bits per heavy atom. The van der Waals surface area contributed by atoms with Gasteiger partial charge in [-0.2, -0.15) is 10.4 Å². The molecule has 0 aliphatic carbocycles. The maximum atomic E-state index is 12.8. The number of nitrogens with zero attached hydrogens (tertiary/aromatic N) is 4. The zero-order valence-electron chi connectivity index (χ0n) is 13.8. The van der Waals surface area contributed by atoms with E-state index in [1.54, 1.807) is 27.8 Å². The van der Waals surface area contributed by atoms with E-state index in [0.29, 0.717) is 24.2 Å². The van der Waals surface area contributed by atoms with E-state index in [2.05, 4.69) is 11.2 Å². The Balaban J connectivity index is 1.77. The number of rotatable bonds is 3. The lowest BCUT2D eigenvalue weighted by atomic mass is 10.0. The molecule has 0 spiro atoms. The average Bonchev–Trinajstić information content (AvgIpc) is 3.12. The van der Waals surface area contributed by atoms with Crippen molar-refractivity contribution in [1.29, 1.82) is 5.26 Å². The molecule has 0 radical (unpaired) electrons. The normalized spacial score (nSPS) is 17.1. The molecule has 128 valence electrons. The zero-order chi connectivity index (χ0) is 18.0. The van der Waals surface area contributed by atoms with Gasteiger partial charge in [0.15, 0.2) is 0 Å². The van der Waals surface area contributed by atoms with Crippen LogP contribution in [0.5, 0.6) is 0 Å². The second-order valence-corrected chi connectivity index (χ2v) is 6.20. The number of hydrogen-bond acceptors (Lipinski definition) is 4. The Hall–Kier alpha value is -3.14. The van der Waals surface area contributed by atoms with Crippen LogP contribution < -0.4 is 0 Å². The van der Waals surface area contributed by atoms with Crippen molar-refractivity contribution < 1.29 is 14.7 Å². The van der Waals surface area contributed by atoms with Gasteiger partial charge in [0.05, 0.1) is 29.4 Å². The monoisotopic (exact) mass is 338 g/mol. The molecule has 0 saturated carbocycles. The lowest BCUT2D eigenvalue weighted by Crippen LogP contribution is -2.40. The summed E-state index contributed by atoms with van der Waals surface area (Å²) in [7, 11) is 0. The number of likely N-dealkylation sites (tertiary alicyclic amines) is 1. The second kappa shape index (κ2) is 6.77. The minimum atomic E-state index is -1.02. The smallest absolute Gasteiger partial charge is 0.338 e. The predicted octanol–water partition coefficient (Wildman–Crippen LogP) is 2.24. The second-order valence-electron chi connectivity index (χ2n) is 6.20. The highest BCUT2D eigenvalue weighted by Crippen LogP contribution is 2.23. The molecule has 1 fully saturated rings. The molecule has 1 saturated heterocycles. The van der Waals surface area contributed by atoms with Crippen molar-refractivity contribution in [3.63, 3.8) is 0 Å². The van der Waals surface area contributed by atoms with Crippen molar-refractivity contribution in [2.45, 2.75) is 25.8 Å². The van der Waals surface area contributed by atoms with Crippen molar-refractivity contribution >= 4 is 11.9 Å². The quantitative estimate of drug-likeness (QED) is 0.925. The van der Waals surface area contributed by atoms with E-state index in [9.17, 15) is 9.59 Å². The first-order chi connectivity index (χ1) is 12.0. The summed E-state index contributed by atoms with van der Waals surface area (Å²) in [6.45, 7) is 2.94. The first kappa shape index (κ1) is 16.7. The number of piperidine rings is 1. The van der Waals surface area contributed by atoms with Gasteiger partial charge >= 0.3 is 5.97 Å². The molecule has 25 heavy (non-hydrogen) atoms. The number of aromatic carboxylic acids is 1. The highest BCUT2D eigenvalue weighted by atomic mass is 16.4. The molecule has 7 heteroatoms. The van der Waals surface area contributed by atoms with Crippen LogP contribution in [0.2, 0.25) is 0 Å². The number of aryl methyl sites for hydroxylation is 1. The van der Waals surface area contributed by atoms with E-state index >= 15 is 0 Å². The van der Waals surface area contributed by atoms with Gasteiger partial charge in [-0.3, -0.25) is 9.48 Å². The molecule has 1 amide bonds. The van der Waals surface area contributed by atoms with Crippen molar-refractivity contribution in [2.75, 3.05) is 13.1 Å². The molecule has 7 nitrogen and oxygen atoms in total. The first-order valence-corrected chi connectivity index (χ1v) is 8.07. The molecule has 1 N–H and O–H groups in total. The zero-order valence-corrected chi connectivity index (χ0v) is 13.8. The number of carboxylic acid groups (broad SMARTS) is 1. The summed E-state index contributed by atoms with van der Waals surface area (Å²) in [5.74, 6) is -1.13. The Kier molecular flexibility index (Phi) is 4.52. The fourth-order valence-electron chi connectivity index (χ4n) is 3.06. The van der Waals surface area contributed by atoms with Crippen molar-refractivity contribution in [3.8, 4) is 6.07 Å². The third-order valence-corrected chi connectivity index (χ3v) is 4.51. The van der Waals surface area contributed by atoms with Gasteiger partial charge in [0.2, 0.25) is 0 Å². The third-order valence-electron chi connectivity index (χ3n) is 4.51.